The van der Waals surface area contributed by atoms with Gasteiger partial charge in [0.25, 0.3) is 0 Å². The van der Waals surface area contributed by atoms with E-state index in [9.17, 15) is 9.59 Å². The molecule has 0 N–H and O–H groups in total. The molecule has 0 aliphatic heterocycles. The monoisotopic (exact) mass is 529 g/mol. The number of aryl methyl sites for hydroxylation is 2. The van der Waals surface area contributed by atoms with E-state index in [0.29, 0.717) is 29.4 Å². The SMILES string of the molecule is CC(C)=CCc1cc(C(=O)Cc2cc3ccc(OCCCN(C)C4CCCCC4)c(C)c3oc2=O)ccc1C. The van der Waals surface area contributed by atoms with Gasteiger partial charge in [-0.2, -0.15) is 0 Å². The molecule has 208 valence electrons. The first-order valence-corrected chi connectivity index (χ1v) is 14.4. The number of carbonyl (C=O) groups is 1. The number of nitrogens with zero attached hydrogens (tertiary/aromatic N) is 1. The van der Waals surface area contributed by atoms with Crippen LogP contribution in [-0.2, 0) is 12.8 Å². The van der Waals surface area contributed by atoms with Crippen molar-refractivity contribution in [2.75, 3.05) is 20.2 Å². The molecule has 0 spiro atoms. The molecule has 39 heavy (non-hydrogen) atoms. The van der Waals surface area contributed by atoms with Crippen molar-refractivity contribution in [2.24, 2.45) is 0 Å². The second kappa shape index (κ2) is 13.3. The molecular weight excluding hydrogens is 486 g/mol. The van der Waals surface area contributed by atoms with Gasteiger partial charge >= 0.3 is 5.63 Å². The number of allylic oxidation sites excluding steroid dienone is 2. The summed E-state index contributed by atoms with van der Waals surface area (Å²) in [6, 6.07) is 12.1. The Bertz CT molecular complexity index is 1390. The van der Waals surface area contributed by atoms with E-state index in [1.165, 1.54) is 37.7 Å². The van der Waals surface area contributed by atoms with Crippen LogP contribution in [0.2, 0.25) is 0 Å². The smallest absolute Gasteiger partial charge is 0.339 e. The molecule has 0 amide bonds. The Kier molecular flexibility index (Phi) is 9.79. The molecule has 1 saturated carbocycles. The van der Waals surface area contributed by atoms with Crippen LogP contribution in [0.5, 0.6) is 5.75 Å². The second-order valence-corrected chi connectivity index (χ2v) is 11.4. The van der Waals surface area contributed by atoms with Crippen molar-refractivity contribution in [1.82, 2.24) is 4.90 Å². The lowest BCUT2D eigenvalue weighted by molar-refractivity contribution is 0.0992. The van der Waals surface area contributed by atoms with Gasteiger partial charge in [-0.15, -0.1) is 0 Å². The number of hydrogen-bond acceptors (Lipinski definition) is 5. The fraction of sp³-hybridized carbons (Fsp3) is 0.471. The normalized spacial score (nSPS) is 14.1. The predicted octanol–water partition coefficient (Wildman–Crippen LogP) is 7.38. The molecule has 1 heterocycles. The summed E-state index contributed by atoms with van der Waals surface area (Å²) >= 11 is 0. The number of Topliss-reactive ketones (excluding diaryl/α,β-unsaturated/α-hetero) is 1. The molecule has 1 aliphatic rings. The molecule has 0 saturated heterocycles. The molecule has 1 aliphatic carbocycles. The summed E-state index contributed by atoms with van der Waals surface area (Å²) in [5, 5.41) is 0.799. The van der Waals surface area contributed by atoms with E-state index in [2.05, 4.69) is 38.8 Å². The molecule has 0 bridgehead atoms. The summed E-state index contributed by atoms with van der Waals surface area (Å²) in [5.74, 6) is 0.647. The first-order chi connectivity index (χ1) is 18.7. The fourth-order valence-corrected chi connectivity index (χ4v) is 5.48. The number of fused-ring (bicyclic) bond motifs is 1. The van der Waals surface area contributed by atoms with Gasteiger partial charge in [0.1, 0.15) is 11.3 Å². The summed E-state index contributed by atoms with van der Waals surface area (Å²) in [4.78, 5) is 28.4. The third-order valence-corrected chi connectivity index (χ3v) is 8.04. The van der Waals surface area contributed by atoms with E-state index >= 15 is 0 Å². The van der Waals surface area contributed by atoms with Crippen LogP contribution in [0.1, 0.15) is 85.0 Å². The molecule has 0 radical (unpaired) electrons. The first-order valence-electron chi connectivity index (χ1n) is 14.4. The van der Waals surface area contributed by atoms with E-state index in [1.807, 2.05) is 37.3 Å². The third kappa shape index (κ3) is 7.48. The highest BCUT2D eigenvalue weighted by molar-refractivity contribution is 5.98. The number of rotatable bonds is 11. The summed E-state index contributed by atoms with van der Waals surface area (Å²) in [5.41, 5.74) is 5.37. The van der Waals surface area contributed by atoms with E-state index in [-0.39, 0.29) is 12.2 Å². The number of hydrogen-bond donors (Lipinski definition) is 0. The van der Waals surface area contributed by atoms with E-state index in [4.69, 9.17) is 9.15 Å². The Balaban J connectivity index is 1.41. The molecule has 4 rings (SSSR count). The van der Waals surface area contributed by atoms with Gasteiger partial charge in [-0.25, -0.2) is 4.79 Å². The minimum Gasteiger partial charge on any atom is -0.493 e. The zero-order valence-corrected chi connectivity index (χ0v) is 24.3. The Morgan fingerprint density at radius 2 is 1.82 bits per heavy atom. The number of ether oxygens (including phenoxy) is 1. The van der Waals surface area contributed by atoms with Crippen LogP contribution in [0, 0.1) is 13.8 Å². The van der Waals surface area contributed by atoms with Crippen molar-refractivity contribution >= 4 is 16.8 Å². The fourth-order valence-electron chi connectivity index (χ4n) is 5.48. The maximum atomic E-state index is 13.1. The topological polar surface area (TPSA) is 59.8 Å². The standard InChI is InChI=1S/C34H43NO4/c1-23(2)12-14-26-20-27(15-13-24(26)3)31(36)22-29-21-28-16-17-32(25(4)33(28)39-34(29)37)38-19-9-18-35(5)30-10-7-6-8-11-30/h12-13,15-17,20-21,30H,6-11,14,18-19,22H2,1-5H3. The van der Waals surface area contributed by atoms with Crippen LogP contribution in [-0.4, -0.2) is 36.9 Å². The molecule has 1 aromatic heterocycles. The Morgan fingerprint density at radius 3 is 2.56 bits per heavy atom. The molecule has 0 unspecified atom stereocenters. The van der Waals surface area contributed by atoms with Crippen molar-refractivity contribution < 1.29 is 13.9 Å². The number of benzene rings is 2. The van der Waals surface area contributed by atoms with Crippen molar-refractivity contribution in [3.05, 3.63) is 86.3 Å². The molecule has 0 atom stereocenters. The Labute approximate surface area is 232 Å². The maximum Gasteiger partial charge on any atom is 0.339 e. The molecule has 3 aromatic rings. The minimum atomic E-state index is -0.470. The Hall–Kier alpha value is -3.18. The minimum absolute atomic E-state index is 0.00916. The molecular formula is C34H43NO4. The largest absolute Gasteiger partial charge is 0.493 e. The van der Waals surface area contributed by atoms with Gasteiger partial charge in [0, 0.05) is 41.1 Å². The van der Waals surface area contributed by atoms with Crippen LogP contribution in [0.25, 0.3) is 11.0 Å². The van der Waals surface area contributed by atoms with Crippen LogP contribution >= 0.6 is 0 Å². The van der Waals surface area contributed by atoms with Gasteiger partial charge in [0.15, 0.2) is 5.78 Å². The second-order valence-electron chi connectivity index (χ2n) is 11.4. The van der Waals surface area contributed by atoms with Crippen LogP contribution < -0.4 is 10.4 Å². The highest BCUT2D eigenvalue weighted by Crippen LogP contribution is 2.28. The number of ketones is 1. The molecule has 2 aromatic carbocycles. The summed E-state index contributed by atoms with van der Waals surface area (Å²) < 4.78 is 11.8. The van der Waals surface area contributed by atoms with Crippen molar-refractivity contribution in [2.45, 2.75) is 85.1 Å². The van der Waals surface area contributed by atoms with Crippen LogP contribution in [0.3, 0.4) is 0 Å². The lowest BCUT2D eigenvalue weighted by Gasteiger charge is -2.31. The average Bonchev–Trinajstić information content (AvgIpc) is 2.92. The van der Waals surface area contributed by atoms with Crippen molar-refractivity contribution in [3.8, 4) is 5.75 Å². The van der Waals surface area contributed by atoms with Gasteiger partial charge in [-0.1, -0.05) is 43.0 Å². The van der Waals surface area contributed by atoms with Gasteiger partial charge in [0.2, 0.25) is 0 Å². The Morgan fingerprint density at radius 1 is 1.05 bits per heavy atom. The lowest BCUT2D eigenvalue weighted by atomic mass is 9.94. The molecule has 5 heteroatoms. The zero-order valence-electron chi connectivity index (χ0n) is 24.3. The average molecular weight is 530 g/mol. The highest BCUT2D eigenvalue weighted by atomic mass is 16.5. The third-order valence-electron chi connectivity index (χ3n) is 8.04. The summed E-state index contributed by atoms with van der Waals surface area (Å²) in [6.07, 6.45) is 10.6. The van der Waals surface area contributed by atoms with Crippen LogP contribution in [0.4, 0.5) is 0 Å². The van der Waals surface area contributed by atoms with E-state index < -0.39 is 5.63 Å². The summed E-state index contributed by atoms with van der Waals surface area (Å²) in [6.45, 7) is 9.74. The van der Waals surface area contributed by atoms with Crippen molar-refractivity contribution in [1.29, 1.82) is 0 Å². The quantitative estimate of drug-likeness (QED) is 0.112. The van der Waals surface area contributed by atoms with E-state index in [0.717, 1.165) is 47.2 Å². The van der Waals surface area contributed by atoms with Gasteiger partial charge in [0.05, 0.1) is 6.61 Å². The molecule has 1 fully saturated rings. The van der Waals surface area contributed by atoms with E-state index in [1.54, 1.807) is 6.07 Å². The van der Waals surface area contributed by atoms with Crippen LogP contribution in [0.15, 0.2) is 57.3 Å². The van der Waals surface area contributed by atoms with Crippen molar-refractivity contribution in [3.63, 3.8) is 0 Å². The van der Waals surface area contributed by atoms with Gasteiger partial charge in [-0.05, 0) is 95.8 Å². The lowest BCUT2D eigenvalue weighted by Crippen LogP contribution is -2.34. The summed E-state index contributed by atoms with van der Waals surface area (Å²) in [7, 11) is 2.22. The maximum absolute atomic E-state index is 13.1. The highest BCUT2D eigenvalue weighted by Gasteiger charge is 2.18. The van der Waals surface area contributed by atoms with Gasteiger partial charge < -0.3 is 14.1 Å². The van der Waals surface area contributed by atoms with Gasteiger partial charge in [-0.3, -0.25) is 4.79 Å². The molecule has 5 nitrogen and oxygen atoms in total. The first kappa shape index (κ1) is 28.8. The number of carbonyl (C=O) groups excluding carboxylic acids is 1. The predicted molar refractivity (Wildman–Crippen MR) is 159 cm³/mol. The zero-order chi connectivity index (χ0) is 27.9.